The van der Waals surface area contributed by atoms with Gasteiger partial charge in [-0.2, -0.15) is 39.5 Å². The molecule has 1 aliphatic heterocycles. The SMILES string of the molecule is CCCOC(=O)N1c2ccc(C(F)(F)F)cc2[C@@H](NC(=O)OCCc2cc(C(F)(F)F)cc(C(F)(F)F)c2)C[C@H]1C1CC1. The van der Waals surface area contributed by atoms with Crippen molar-refractivity contribution in [3.8, 4) is 0 Å². The van der Waals surface area contributed by atoms with Crippen LogP contribution in [0.3, 0.4) is 0 Å². The van der Waals surface area contributed by atoms with Crippen molar-refractivity contribution in [1.29, 1.82) is 0 Å². The van der Waals surface area contributed by atoms with E-state index < -0.39 is 72.5 Å². The van der Waals surface area contributed by atoms with Crippen molar-refractivity contribution in [2.24, 2.45) is 5.92 Å². The second kappa shape index (κ2) is 12.2. The Morgan fingerprint density at radius 2 is 1.44 bits per heavy atom. The van der Waals surface area contributed by atoms with Gasteiger partial charge >= 0.3 is 30.7 Å². The van der Waals surface area contributed by atoms with Crippen molar-refractivity contribution in [3.63, 3.8) is 0 Å². The number of hydrogen-bond donors (Lipinski definition) is 1. The lowest BCUT2D eigenvalue weighted by atomic mass is 9.88. The minimum atomic E-state index is -5.05. The zero-order valence-corrected chi connectivity index (χ0v) is 22.6. The Kier molecular flexibility index (Phi) is 9.12. The summed E-state index contributed by atoms with van der Waals surface area (Å²) in [6.07, 6.45) is -15.2. The molecule has 0 spiro atoms. The van der Waals surface area contributed by atoms with E-state index in [1.54, 1.807) is 6.92 Å². The van der Waals surface area contributed by atoms with Crippen molar-refractivity contribution in [2.45, 2.75) is 69.6 Å². The number of rotatable bonds is 7. The highest BCUT2D eigenvalue weighted by molar-refractivity contribution is 5.91. The molecule has 0 aromatic heterocycles. The minimum absolute atomic E-state index is 0.00803. The summed E-state index contributed by atoms with van der Waals surface area (Å²) in [5.41, 5.74) is -4.36. The van der Waals surface area contributed by atoms with Crippen molar-refractivity contribution in [3.05, 3.63) is 64.2 Å². The van der Waals surface area contributed by atoms with E-state index in [1.807, 2.05) is 0 Å². The number of alkyl carbamates (subject to hydrolysis) is 1. The first-order valence-corrected chi connectivity index (χ1v) is 13.4. The van der Waals surface area contributed by atoms with E-state index in [0.717, 1.165) is 31.0 Å². The third-order valence-electron chi connectivity index (χ3n) is 7.15. The van der Waals surface area contributed by atoms with Crippen LogP contribution in [0.2, 0.25) is 0 Å². The lowest BCUT2D eigenvalue weighted by Gasteiger charge is -2.40. The highest BCUT2D eigenvalue weighted by atomic mass is 19.4. The number of carbonyl (C=O) groups excluding carboxylic acids is 2. The van der Waals surface area contributed by atoms with Gasteiger partial charge in [0, 0.05) is 12.5 Å². The summed E-state index contributed by atoms with van der Waals surface area (Å²) in [6.45, 7) is 1.25. The first-order chi connectivity index (χ1) is 20.0. The molecule has 1 heterocycles. The summed E-state index contributed by atoms with van der Waals surface area (Å²) in [4.78, 5) is 26.9. The first kappa shape index (κ1) is 32.3. The summed E-state index contributed by atoms with van der Waals surface area (Å²) in [6, 6.07) is 2.20. The third-order valence-corrected chi connectivity index (χ3v) is 7.15. The van der Waals surface area contributed by atoms with E-state index >= 15 is 0 Å². The van der Waals surface area contributed by atoms with Gasteiger partial charge in [-0.3, -0.25) is 4.90 Å². The van der Waals surface area contributed by atoms with Crippen LogP contribution in [0.25, 0.3) is 0 Å². The zero-order valence-electron chi connectivity index (χ0n) is 22.6. The van der Waals surface area contributed by atoms with Crippen LogP contribution in [0.5, 0.6) is 0 Å². The van der Waals surface area contributed by atoms with Crippen LogP contribution in [0.1, 0.15) is 66.5 Å². The van der Waals surface area contributed by atoms with E-state index in [0.29, 0.717) is 18.6 Å². The van der Waals surface area contributed by atoms with Crippen LogP contribution in [0.15, 0.2) is 36.4 Å². The Morgan fingerprint density at radius 1 is 0.837 bits per heavy atom. The zero-order chi connectivity index (χ0) is 31.7. The summed E-state index contributed by atoms with van der Waals surface area (Å²) in [5.74, 6) is 0.00803. The maximum Gasteiger partial charge on any atom is 0.416 e. The third kappa shape index (κ3) is 7.85. The van der Waals surface area contributed by atoms with E-state index in [1.165, 1.54) is 4.90 Å². The minimum Gasteiger partial charge on any atom is -0.449 e. The van der Waals surface area contributed by atoms with Gasteiger partial charge in [-0.05, 0) is 79.1 Å². The number of fused-ring (bicyclic) bond motifs is 1. The molecule has 2 aromatic carbocycles. The van der Waals surface area contributed by atoms with Gasteiger partial charge < -0.3 is 14.8 Å². The maximum absolute atomic E-state index is 13.6. The number of carbonyl (C=O) groups is 2. The van der Waals surface area contributed by atoms with Crippen molar-refractivity contribution < 1.29 is 58.6 Å². The van der Waals surface area contributed by atoms with Crippen molar-refractivity contribution in [2.75, 3.05) is 18.1 Å². The molecule has 2 atom stereocenters. The molecule has 1 aliphatic carbocycles. The molecule has 1 N–H and O–H groups in total. The second-order valence-electron chi connectivity index (χ2n) is 10.4. The van der Waals surface area contributed by atoms with Gasteiger partial charge in [0.25, 0.3) is 0 Å². The molecule has 43 heavy (non-hydrogen) atoms. The van der Waals surface area contributed by atoms with Crippen LogP contribution < -0.4 is 10.2 Å². The molecule has 0 radical (unpaired) electrons. The Hall–Kier alpha value is -3.65. The fraction of sp³-hybridized carbons (Fsp3) is 0.500. The Labute approximate surface area is 240 Å². The highest BCUT2D eigenvalue weighted by Gasteiger charge is 2.46. The van der Waals surface area contributed by atoms with Gasteiger partial charge in [0.1, 0.15) is 0 Å². The van der Waals surface area contributed by atoms with Gasteiger partial charge in [-0.1, -0.05) is 6.92 Å². The number of anilines is 1. The monoisotopic (exact) mass is 626 g/mol. The number of alkyl halides is 9. The largest absolute Gasteiger partial charge is 0.449 e. The number of nitrogens with one attached hydrogen (secondary N) is 1. The normalized spacial score (nSPS) is 19.1. The molecule has 1 saturated carbocycles. The fourth-order valence-corrected chi connectivity index (χ4v) is 5.00. The van der Waals surface area contributed by atoms with Gasteiger partial charge in [-0.15, -0.1) is 0 Å². The summed E-state index contributed by atoms with van der Waals surface area (Å²) >= 11 is 0. The van der Waals surface area contributed by atoms with Gasteiger partial charge in [0.2, 0.25) is 0 Å². The lowest BCUT2D eigenvalue weighted by molar-refractivity contribution is -0.143. The molecule has 4 rings (SSSR count). The quantitative estimate of drug-likeness (QED) is 0.314. The number of hydrogen-bond acceptors (Lipinski definition) is 4. The maximum atomic E-state index is 13.6. The fourth-order valence-electron chi connectivity index (χ4n) is 5.00. The molecule has 1 fully saturated rings. The summed E-state index contributed by atoms with van der Waals surface area (Å²) in [7, 11) is 0. The number of amides is 2. The average molecular weight is 627 g/mol. The van der Waals surface area contributed by atoms with E-state index in [2.05, 4.69) is 5.32 Å². The second-order valence-corrected chi connectivity index (χ2v) is 10.4. The average Bonchev–Trinajstić information content (AvgIpc) is 3.75. The Morgan fingerprint density at radius 3 is 1.98 bits per heavy atom. The molecule has 2 aromatic rings. The van der Waals surface area contributed by atoms with Crippen LogP contribution in [0, 0.1) is 5.92 Å². The van der Waals surface area contributed by atoms with Crippen LogP contribution >= 0.6 is 0 Å². The van der Waals surface area contributed by atoms with Gasteiger partial charge in [0.05, 0.1) is 41.6 Å². The number of halogens is 9. The standard InChI is InChI=1S/C28H27F9N2O4/c1-2-8-43-25(41)39-22-6-5-17(26(29,30)31)13-20(22)21(14-23(39)16-3-4-16)38-24(40)42-9-7-15-10-18(27(32,33)34)12-19(11-15)28(35,36)37/h5-6,10-13,16,21,23H,2-4,7-9,14H2,1H3,(H,38,40)/t21-,23-/m0/s1. The lowest BCUT2D eigenvalue weighted by Crippen LogP contribution is -2.49. The van der Waals surface area contributed by atoms with Crippen molar-refractivity contribution >= 4 is 17.9 Å². The molecule has 2 amide bonds. The molecule has 6 nitrogen and oxygen atoms in total. The molecular weight excluding hydrogens is 599 g/mol. The molecule has 15 heteroatoms. The Bertz CT molecular complexity index is 1300. The first-order valence-electron chi connectivity index (χ1n) is 13.4. The van der Waals surface area contributed by atoms with Gasteiger partial charge in [0.15, 0.2) is 0 Å². The van der Waals surface area contributed by atoms with Crippen LogP contribution in [-0.2, 0) is 34.4 Å². The van der Waals surface area contributed by atoms with E-state index in [4.69, 9.17) is 9.47 Å². The predicted octanol–water partition coefficient (Wildman–Crippen LogP) is 8.29. The van der Waals surface area contributed by atoms with Crippen LogP contribution in [-0.4, -0.2) is 31.4 Å². The number of benzene rings is 2. The summed E-state index contributed by atoms with van der Waals surface area (Å²) < 4.78 is 130. The van der Waals surface area contributed by atoms with Crippen LogP contribution in [0.4, 0.5) is 54.8 Å². The van der Waals surface area contributed by atoms with E-state index in [9.17, 15) is 49.1 Å². The van der Waals surface area contributed by atoms with E-state index in [-0.39, 0.29) is 41.8 Å². The Balaban J connectivity index is 1.54. The molecule has 0 unspecified atom stereocenters. The van der Waals surface area contributed by atoms with Gasteiger partial charge in [-0.25, -0.2) is 9.59 Å². The topological polar surface area (TPSA) is 67.9 Å². The molecule has 0 bridgehead atoms. The highest BCUT2D eigenvalue weighted by Crippen LogP contribution is 2.48. The number of nitrogens with zero attached hydrogens (tertiary/aromatic N) is 1. The van der Waals surface area contributed by atoms with Crippen molar-refractivity contribution in [1.82, 2.24) is 5.32 Å². The predicted molar refractivity (Wildman–Crippen MR) is 134 cm³/mol. The molecule has 236 valence electrons. The molecule has 0 saturated heterocycles. The molecular formula is C28H27F9N2O4. The number of ether oxygens (including phenoxy) is 2. The molecule has 2 aliphatic rings. The smallest absolute Gasteiger partial charge is 0.416 e. The summed E-state index contributed by atoms with van der Waals surface area (Å²) in [5, 5.41) is 2.46.